The van der Waals surface area contributed by atoms with Gasteiger partial charge in [-0.25, -0.2) is 4.52 Å². The number of nitrogen functional groups attached to an aromatic ring is 1. The smallest absolute Gasteiger partial charge is 0.240 e. The highest BCUT2D eigenvalue weighted by Gasteiger charge is 2.21. The van der Waals surface area contributed by atoms with E-state index in [9.17, 15) is 0 Å². The molecule has 0 spiro atoms. The third kappa shape index (κ3) is 1.71. The largest absolute Gasteiger partial charge is 0.366 e. The van der Waals surface area contributed by atoms with Crippen LogP contribution in [-0.4, -0.2) is 27.2 Å². The van der Waals surface area contributed by atoms with Crippen molar-refractivity contribution in [2.24, 2.45) is 0 Å². The zero-order valence-corrected chi connectivity index (χ0v) is 10.0. The van der Waals surface area contributed by atoms with E-state index in [4.69, 9.17) is 5.73 Å². The van der Waals surface area contributed by atoms with Crippen molar-refractivity contribution in [3.05, 3.63) is 18.3 Å². The number of pyridine rings is 1. The van der Waals surface area contributed by atoms with Gasteiger partial charge in [0.1, 0.15) is 0 Å². The van der Waals surface area contributed by atoms with Gasteiger partial charge in [0.05, 0.1) is 5.69 Å². The highest BCUT2D eigenvalue weighted by atomic mass is 15.3. The fourth-order valence-electron chi connectivity index (χ4n) is 2.59. The lowest BCUT2D eigenvalue weighted by molar-refractivity contribution is 0.485. The molecule has 0 bridgehead atoms. The molecule has 0 saturated carbocycles. The van der Waals surface area contributed by atoms with Crippen molar-refractivity contribution in [2.45, 2.75) is 32.2 Å². The Morgan fingerprint density at radius 3 is 3.12 bits per heavy atom. The maximum Gasteiger partial charge on any atom is 0.240 e. The molecule has 2 aromatic rings. The normalized spacial score (nSPS) is 21.0. The monoisotopic (exact) mass is 231 g/mol. The van der Waals surface area contributed by atoms with Crippen molar-refractivity contribution in [1.82, 2.24) is 14.6 Å². The van der Waals surface area contributed by atoms with E-state index in [1.807, 2.05) is 12.3 Å². The molecular weight excluding hydrogens is 214 g/mol. The Kier molecular flexibility index (Phi) is 2.39. The lowest BCUT2D eigenvalue weighted by atomic mass is 10.0. The van der Waals surface area contributed by atoms with Gasteiger partial charge in [0.15, 0.2) is 5.65 Å². The molecule has 5 heteroatoms. The summed E-state index contributed by atoms with van der Waals surface area (Å²) in [4.78, 5) is 6.72. The van der Waals surface area contributed by atoms with Gasteiger partial charge in [0, 0.05) is 18.8 Å². The molecule has 1 atom stereocenters. The first kappa shape index (κ1) is 10.4. The molecule has 5 nitrogen and oxygen atoms in total. The Labute approximate surface area is 100 Å². The van der Waals surface area contributed by atoms with Crippen LogP contribution < -0.4 is 10.6 Å². The maximum atomic E-state index is 5.66. The highest BCUT2D eigenvalue weighted by molar-refractivity contribution is 5.70. The number of fused-ring (bicyclic) bond motifs is 1. The molecule has 1 aliphatic heterocycles. The second-order valence-electron chi connectivity index (χ2n) is 4.67. The summed E-state index contributed by atoms with van der Waals surface area (Å²) < 4.78 is 1.76. The van der Waals surface area contributed by atoms with Crippen molar-refractivity contribution in [2.75, 3.05) is 17.2 Å². The maximum absolute atomic E-state index is 5.66. The Balaban J connectivity index is 2.09. The number of piperidine rings is 1. The molecule has 1 saturated heterocycles. The quantitative estimate of drug-likeness (QED) is 0.811. The molecule has 0 radical (unpaired) electrons. The Bertz CT molecular complexity index is 533. The summed E-state index contributed by atoms with van der Waals surface area (Å²) in [6.45, 7) is 3.36. The van der Waals surface area contributed by atoms with Crippen molar-refractivity contribution in [1.29, 1.82) is 0 Å². The number of nitrogens with zero attached hydrogens (tertiary/aromatic N) is 4. The average molecular weight is 231 g/mol. The third-order valence-electron chi connectivity index (χ3n) is 3.47. The molecule has 1 aliphatic rings. The first-order valence-electron chi connectivity index (χ1n) is 6.13. The third-order valence-corrected chi connectivity index (χ3v) is 3.47. The average Bonchev–Trinajstić information content (AvgIpc) is 2.70. The van der Waals surface area contributed by atoms with E-state index in [1.165, 1.54) is 19.3 Å². The minimum atomic E-state index is 0.335. The number of rotatable bonds is 1. The van der Waals surface area contributed by atoms with Crippen LogP contribution in [0.25, 0.3) is 5.65 Å². The van der Waals surface area contributed by atoms with Gasteiger partial charge in [-0.1, -0.05) is 0 Å². The van der Waals surface area contributed by atoms with E-state index in [1.54, 1.807) is 4.52 Å². The predicted octanol–water partition coefficient (Wildman–Crippen LogP) is 1.69. The Hall–Kier alpha value is -1.78. The molecule has 0 amide bonds. The molecule has 0 aromatic carbocycles. The summed E-state index contributed by atoms with van der Waals surface area (Å²) in [6, 6.07) is 4.66. The van der Waals surface area contributed by atoms with Gasteiger partial charge in [0.2, 0.25) is 5.95 Å². The number of anilines is 2. The van der Waals surface area contributed by atoms with Gasteiger partial charge in [-0.3, -0.25) is 0 Å². The fraction of sp³-hybridized carbons (Fsp3) is 0.500. The highest BCUT2D eigenvalue weighted by Crippen LogP contribution is 2.27. The lowest BCUT2D eigenvalue weighted by Gasteiger charge is -2.35. The molecular formula is C12H17N5. The summed E-state index contributed by atoms with van der Waals surface area (Å²) in [5, 5.41) is 4.15. The van der Waals surface area contributed by atoms with E-state index < -0.39 is 0 Å². The van der Waals surface area contributed by atoms with Crippen molar-refractivity contribution >= 4 is 17.3 Å². The zero-order valence-electron chi connectivity index (χ0n) is 10.0. The van der Waals surface area contributed by atoms with Gasteiger partial charge in [0.25, 0.3) is 0 Å². The molecule has 1 unspecified atom stereocenters. The summed E-state index contributed by atoms with van der Waals surface area (Å²) in [6.07, 6.45) is 5.69. The number of hydrogen-bond donors (Lipinski definition) is 1. The first-order valence-corrected chi connectivity index (χ1v) is 6.13. The van der Waals surface area contributed by atoms with Gasteiger partial charge in [-0.05, 0) is 38.3 Å². The van der Waals surface area contributed by atoms with Crippen molar-refractivity contribution in [3.63, 3.8) is 0 Å². The predicted molar refractivity (Wildman–Crippen MR) is 68.1 cm³/mol. The molecule has 2 aromatic heterocycles. The van der Waals surface area contributed by atoms with E-state index in [-0.39, 0.29) is 0 Å². The molecule has 3 heterocycles. The second-order valence-corrected chi connectivity index (χ2v) is 4.67. The zero-order chi connectivity index (χ0) is 11.8. The van der Waals surface area contributed by atoms with Crippen LogP contribution in [0.15, 0.2) is 18.3 Å². The van der Waals surface area contributed by atoms with Gasteiger partial charge in [-0.2, -0.15) is 4.98 Å². The van der Waals surface area contributed by atoms with Crippen LogP contribution in [0.1, 0.15) is 26.2 Å². The number of aromatic nitrogens is 3. The van der Waals surface area contributed by atoms with E-state index in [2.05, 4.69) is 28.0 Å². The van der Waals surface area contributed by atoms with E-state index >= 15 is 0 Å². The van der Waals surface area contributed by atoms with Crippen LogP contribution in [0.2, 0.25) is 0 Å². The fourth-order valence-corrected chi connectivity index (χ4v) is 2.59. The summed E-state index contributed by atoms with van der Waals surface area (Å²) in [5.41, 5.74) is 7.66. The van der Waals surface area contributed by atoms with E-state index in [0.717, 1.165) is 17.9 Å². The molecule has 90 valence electrons. The first-order chi connectivity index (χ1) is 8.25. The Morgan fingerprint density at radius 2 is 2.29 bits per heavy atom. The number of hydrogen-bond acceptors (Lipinski definition) is 4. The minimum Gasteiger partial charge on any atom is -0.366 e. The van der Waals surface area contributed by atoms with Gasteiger partial charge < -0.3 is 10.6 Å². The summed E-state index contributed by atoms with van der Waals surface area (Å²) in [7, 11) is 0. The summed E-state index contributed by atoms with van der Waals surface area (Å²) >= 11 is 0. The van der Waals surface area contributed by atoms with Crippen LogP contribution in [0.3, 0.4) is 0 Å². The van der Waals surface area contributed by atoms with E-state index in [0.29, 0.717) is 12.0 Å². The lowest BCUT2D eigenvalue weighted by Crippen LogP contribution is -2.37. The van der Waals surface area contributed by atoms with Gasteiger partial charge in [-0.15, -0.1) is 5.10 Å². The standard InChI is InChI=1S/C12H17N5/c1-9-5-2-3-7-16(9)10-6-4-8-17-11(10)14-12(13)15-17/h4,6,8-9H,2-3,5,7H2,1H3,(H2,13,15). The molecule has 17 heavy (non-hydrogen) atoms. The van der Waals surface area contributed by atoms with Crippen LogP contribution in [-0.2, 0) is 0 Å². The summed E-state index contributed by atoms with van der Waals surface area (Å²) in [5.74, 6) is 0.335. The van der Waals surface area contributed by atoms with Crippen LogP contribution in [0.5, 0.6) is 0 Å². The minimum absolute atomic E-state index is 0.335. The molecule has 3 rings (SSSR count). The van der Waals surface area contributed by atoms with Crippen LogP contribution >= 0.6 is 0 Å². The van der Waals surface area contributed by atoms with Crippen molar-refractivity contribution in [3.8, 4) is 0 Å². The Morgan fingerprint density at radius 1 is 1.41 bits per heavy atom. The number of nitrogens with two attached hydrogens (primary N) is 1. The van der Waals surface area contributed by atoms with Crippen LogP contribution in [0, 0.1) is 0 Å². The van der Waals surface area contributed by atoms with Crippen molar-refractivity contribution < 1.29 is 0 Å². The molecule has 2 N–H and O–H groups in total. The second kappa shape index (κ2) is 3.91. The molecule has 0 aliphatic carbocycles. The van der Waals surface area contributed by atoms with Crippen LogP contribution in [0.4, 0.5) is 11.6 Å². The van der Waals surface area contributed by atoms with Gasteiger partial charge >= 0.3 is 0 Å². The topological polar surface area (TPSA) is 59.5 Å². The SMILES string of the molecule is CC1CCCCN1c1cccn2nc(N)nc12. The molecule has 1 fully saturated rings.